The Kier molecular flexibility index (Phi) is 15.6. The molecular weight excluding hydrogens is 149 g/mol. The molecule has 0 unspecified atom stereocenters. The van der Waals surface area contributed by atoms with Crippen LogP contribution in [0.5, 0.6) is 0 Å². The van der Waals surface area contributed by atoms with Gasteiger partial charge in [0.1, 0.15) is 0 Å². The van der Waals surface area contributed by atoms with Crippen molar-refractivity contribution in [3.8, 4) is 0 Å². The zero-order chi connectivity index (χ0) is 4.12. The first-order valence-electron chi connectivity index (χ1n) is 1.83. The van der Waals surface area contributed by atoms with Crippen LogP contribution in [0.15, 0.2) is 0 Å². The molecule has 0 aliphatic heterocycles. The van der Waals surface area contributed by atoms with Gasteiger partial charge in [-0.05, 0) is 0 Å². The fraction of sp³-hybridized carbons (Fsp3) is 0.750. The molecule has 0 aromatic carbocycles. The zero-order valence-electron chi connectivity index (χ0n) is 4.08. The van der Waals surface area contributed by atoms with E-state index < -0.39 is 0 Å². The molecule has 0 aromatic rings. The topological polar surface area (TPSA) is 0 Å². The van der Waals surface area contributed by atoms with Crippen LogP contribution in [0, 0.1) is 5.88 Å². The predicted molar refractivity (Wildman–Crippen MR) is 25.1 cm³/mol. The summed E-state index contributed by atoms with van der Waals surface area (Å²) >= 11 is 5.18. The number of unbranched alkanes of at least 4 members (excludes halogenated alkanes) is 1. The minimum Gasteiger partial charge on any atom is -0.349 e. The maximum absolute atomic E-state index is 5.18. The predicted octanol–water partition coefficient (Wildman–Crippen LogP) is 2.18. The van der Waals surface area contributed by atoms with Gasteiger partial charge in [-0.2, -0.15) is 6.42 Å². The molecule has 0 heterocycles. The van der Waals surface area contributed by atoms with Crippen molar-refractivity contribution in [1.29, 1.82) is 0 Å². The van der Waals surface area contributed by atoms with E-state index in [4.69, 9.17) is 11.6 Å². The largest absolute Gasteiger partial charge is 0.349 e. The van der Waals surface area contributed by atoms with Gasteiger partial charge in [-0.25, -0.2) is 5.88 Å². The van der Waals surface area contributed by atoms with Gasteiger partial charge in [0.15, 0.2) is 0 Å². The van der Waals surface area contributed by atoms with E-state index >= 15 is 0 Å². The number of hydrogen-bond donors (Lipinski definition) is 0. The summed E-state index contributed by atoms with van der Waals surface area (Å²) in [4.78, 5) is 0. The molecule has 0 N–H and O–H groups in total. The summed E-state index contributed by atoms with van der Waals surface area (Å²) in [5.41, 5.74) is 0. The number of halogens is 1. The average Bonchev–Trinajstić information content (AvgIpc) is 1.41. The summed E-state index contributed by atoms with van der Waals surface area (Å²) < 4.78 is 0. The van der Waals surface area contributed by atoms with Crippen LogP contribution in [0.25, 0.3) is 0 Å². The van der Waals surface area contributed by atoms with Gasteiger partial charge in [-0.3, -0.25) is 0 Å². The summed E-state index contributed by atoms with van der Waals surface area (Å²) in [7, 11) is 0. The normalized spacial score (nSPS) is 7.00. The van der Waals surface area contributed by atoms with Gasteiger partial charge in [0.2, 0.25) is 0 Å². The maximum Gasteiger partial charge on any atom is 0 e. The summed E-state index contributed by atoms with van der Waals surface area (Å²) in [6.07, 6.45) is 2.19. The maximum atomic E-state index is 5.18. The van der Waals surface area contributed by atoms with E-state index in [2.05, 4.69) is 6.92 Å². The van der Waals surface area contributed by atoms with Crippen molar-refractivity contribution in [3.05, 3.63) is 5.88 Å². The third-order valence-electron chi connectivity index (χ3n) is 0.398. The van der Waals surface area contributed by atoms with Crippen LogP contribution >= 0.6 is 11.6 Å². The zero-order valence-corrected chi connectivity index (χ0v) is 7.80. The van der Waals surface area contributed by atoms with Gasteiger partial charge in [-0.15, -0.1) is 0 Å². The summed E-state index contributed by atoms with van der Waals surface area (Å²) in [6, 6.07) is 0. The Labute approximate surface area is 57.0 Å². The Balaban J connectivity index is 0. The quantitative estimate of drug-likeness (QED) is 0.425. The first-order valence-corrected chi connectivity index (χ1v) is 2.27. The van der Waals surface area contributed by atoms with Crippen LogP contribution in [0.1, 0.15) is 19.8 Å². The molecule has 6 heavy (non-hydrogen) atoms. The van der Waals surface area contributed by atoms with Crippen LogP contribution < -0.4 is 0 Å². The van der Waals surface area contributed by atoms with Gasteiger partial charge in [-0.1, -0.05) is 13.3 Å². The molecule has 0 atom stereocenters. The molecule has 0 saturated heterocycles. The Hall–Kier alpha value is 0.913. The summed E-state index contributed by atoms with van der Waals surface area (Å²) in [6.45, 7) is 2.10. The van der Waals surface area contributed by atoms with Crippen molar-refractivity contribution in [2.45, 2.75) is 19.8 Å². The van der Waals surface area contributed by atoms with Crippen molar-refractivity contribution in [3.63, 3.8) is 0 Å². The minimum absolute atomic E-state index is 0. The molecule has 0 rings (SSSR count). The Morgan fingerprint density at radius 2 is 2.17 bits per heavy atom. The molecule has 0 nitrogen and oxygen atoms in total. The molecular formula is C4H8ClZn-. The molecule has 34 valence electrons. The monoisotopic (exact) mass is 155 g/mol. The van der Waals surface area contributed by atoms with E-state index in [0.29, 0.717) is 0 Å². The molecule has 0 fully saturated rings. The molecule has 0 aromatic heterocycles. The number of rotatable bonds is 2. The molecule has 2 heteroatoms. The Morgan fingerprint density at radius 3 is 2.17 bits per heavy atom. The van der Waals surface area contributed by atoms with Crippen LogP contribution in [0.3, 0.4) is 0 Å². The molecule has 0 amide bonds. The van der Waals surface area contributed by atoms with E-state index in [1.165, 1.54) is 0 Å². The van der Waals surface area contributed by atoms with Gasteiger partial charge < -0.3 is 11.6 Å². The van der Waals surface area contributed by atoms with Gasteiger partial charge in [0.25, 0.3) is 0 Å². The second-order valence-electron chi connectivity index (χ2n) is 0.943. The van der Waals surface area contributed by atoms with Gasteiger partial charge >= 0.3 is 0 Å². The van der Waals surface area contributed by atoms with Crippen molar-refractivity contribution < 1.29 is 19.5 Å². The third kappa shape index (κ3) is 8.87. The van der Waals surface area contributed by atoms with E-state index in [1.807, 2.05) is 0 Å². The average molecular weight is 157 g/mol. The fourth-order valence-corrected chi connectivity index (χ4v) is 0.327. The van der Waals surface area contributed by atoms with Gasteiger partial charge in [0, 0.05) is 19.5 Å². The standard InChI is InChI=1S/C4H8Cl.Zn/c1-2-3-4-5;/h4H,2-3H2,1H3;/q-1;. The van der Waals surface area contributed by atoms with Crippen LogP contribution in [-0.4, -0.2) is 0 Å². The van der Waals surface area contributed by atoms with E-state index in [0.717, 1.165) is 12.8 Å². The van der Waals surface area contributed by atoms with E-state index in [9.17, 15) is 0 Å². The minimum atomic E-state index is 0. The third-order valence-corrected chi connectivity index (χ3v) is 0.616. The van der Waals surface area contributed by atoms with Crippen LogP contribution in [0.2, 0.25) is 0 Å². The van der Waals surface area contributed by atoms with Gasteiger partial charge in [0.05, 0.1) is 0 Å². The summed E-state index contributed by atoms with van der Waals surface area (Å²) in [5, 5.41) is 0. The SMILES string of the molecule is CCC[CH-]Cl.[Zn]. The van der Waals surface area contributed by atoms with E-state index in [-0.39, 0.29) is 19.5 Å². The fourth-order valence-electron chi connectivity index (χ4n) is 0.109. The second kappa shape index (κ2) is 9.32. The van der Waals surface area contributed by atoms with Crippen molar-refractivity contribution >= 4 is 11.6 Å². The smallest absolute Gasteiger partial charge is 0 e. The van der Waals surface area contributed by atoms with E-state index in [1.54, 1.807) is 5.88 Å². The molecule has 0 bridgehead atoms. The van der Waals surface area contributed by atoms with Crippen LogP contribution in [-0.2, 0) is 19.5 Å². The molecule has 0 aliphatic rings. The molecule has 0 radical (unpaired) electrons. The molecule has 0 spiro atoms. The Morgan fingerprint density at radius 1 is 1.67 bits per heavy atom. The second-order valence-corrected chi connectivity index (χ2v) is 1.25. The van der Waals surface area contributed by atoms with Crippen molar-refractivity contribution in [2.24, 2.45) is 0 Å². The van der Waals surface area contributed by atoms with Crippen molar-refractivity contribution in [2.75, 3.05) is 0 Å². The first kappa shape index (κ1) is 10.0. The molecule has 0 saturated carbocycles. The Bertz CT molecular complexity index is 15.0. The summed E-state index contributed by atoms with van der Waals surface area (Å²) in [5.74, 6) is 1.65. The van der Waals surface area contributed by atoms with Crippen LogP contribution in [0.4, 0.5) is 0 Å². The van der Waals surface area contributed by atoms with Crippen molar-refractivity contribution in [1.82, 2.24) is 0 Å². The first-order chi connectivity index (χ1) is 2.41. The number of hydrogen-bond acceptors (Lipinski definition) is 0. The molecule has 0 aliphatic carbocycles.